The highest BCUT2D eigenvalue weighted by molar-refractivity contribution is 7.80. The number of hydrogen-bond donors (Lipinski definition) is 2. The average Bonchev–Trinajstić information content (AvgIpc) is 2.05. The molecule has 3 nitrogen and oxygen atoms in total. The predicted molar refractivity (Wildman–Crippen MR) is 45.8 cm³/mol. The Labute approximate surface area is 70.5 Å². The summed E-state index contributed by atoms with van der Waals surface area (Å²) in [5, 5.41) is 11.5. The number of nitrogens with one attached hydrogen (secondary N) is 1. The van der Waals surface area contributed by atoms with Crippen molar-refractivity contribution in [2.75, 3.05) is 12.4 Å². The fourth-order valence-corrected chi connectivity index (χ4v) is 1.03. The molecule has 56 valence electrons. The van der Waals surface area contributed by atoms with Gasteiger partial charge in [0, 0.05) is 13.2 Å². The molecule has 0 saturated carbocycles. The molecule has 0 aliphatic heterocycles. The maximum Gasteiger partial charge on any atom is 0.155 e. The molecule has 1 heterocycles. The van der Waals surface area contributed by atoms with Crippen LogP contribution < -0.4 is 5.32 Å². The second kappa shape index (κ2) is 3.26. The zero-order chi connectivity index (χ0) is 8.27. The summed E-state index contributed by atoms with van der Waals surface area (Å²) in [5.74, 6) is 0. The van der Waals surface area contributed by atoms with E-state index < -0.39 is 0 Å². The smallest absolute Gasteiger partial charge is 0.155 e. The molecule has 1 N–H and O–H groups in total. The minimum absolute atomic E-state index is 0.347. The molecule has 0 aliphatic carbocycles. The van der Waals surface area contributed by atoms with Crippen LogP contribution in [0.2, 0.25) is 0 Å². The van der Waals surface area contributed by atoms with Crippen molar-refractivity contribution in [3.05, 3.63) is 18.0 Å². The van der Waals surface area contributed by atoms with Crippen molar-refractivity contribution in [3.8, 4) is 6.07 Å². The minimum Gasteiger partial charge on any atom is -0.387 e. The van der Waals surface area contributed by atoms with Crippen LogP contribution in [-0.4, -0.2) is 12.0 Å². The van der Waals surface area contributed by atoms with E-state index >= 15 is 0 Å². The van der Waals surface area contributed by atoms with Crippen molar-refractivity contribution in [2.24, 2.45) is 0 Å². The van der Waals surface area contributed by atoms with E-state index in [4.69, 9.17) is 5.26 Å². The third-order valence-electron chi connectivity index (χ3n) is 1.30. The molecule has 0 radical (unpaired) electrons. The van der Waals surface area contributed by atoms with Gasteiger partial charge in [0.1, 0.15) is 6.07 Å². The largest absolute Gasteiger partial charge is 0.387 e. The molecular formula is C7H7N3S. The summed E-state index contributed by atoms with van der Waals surface area (Å²) in [6.07, 6.45) is 1.57. The second-order valence-corrected chi connectivity index (χ2v) is 2.36. The number of hydrogen-bond acceptors (Lipinski definition) is 4. The first kappa shape index (κ1) is 7.89. The molecule has 0 aliphatic rings. The number of rotatable bonds is 1. The van der Waals surface area contributed by atoms with Crippen LogP contribution >= 0.6 is 12.6 Å². The summed E-state index contributed by atoms with van der Waals surface area (Å²) in [6.45, 7) is 0. The number of nitrogens with zero attached hydrogens (tertiary/aromatic N) is 2. The topological polar surface area (TPSA) is 48.7 Å². The lowest BCUT2D eigenvalue weighted by Crippen LogP contribution is -1.93. The Hall–Kier alpha value is -1.21. The number of nitriles is 1. The first-order chi connectivity index (χ1) is 5.29. The maximum absolute atomic E-state index is 8.55. The van der Waals surface area contributed by atoms with Crippen molar-refractivity contribution in [3.63, 3.8) is 0 Å². The van der Waals surface area contributed by atoms with E-state index in [9.17, 15) is 0 Å². The van der Waals surface area contributed by atoms with Gasteiger partial charge in [-0.15, -0.1) is 12.6 Å². The molecule has 1 aromatic rings. The van der Waals surface area contributed by atoms with E-state index in [0.717, 1.165) is 5.69 Å². The summed E-state index contributed by atoms with van der Waals surface area (Å²) in [7, 11) is 1.77. The Balaban J connectivity index is 3.23. The van der Waals surface area contributed by atoms with E-state index in [2.05, 4.69) is 22.9 Å². The van der Waals surface area contributed by atoms with E-state index in [1.807, 2.05) is 6.07 Å². The summed E-state index contributed by atoms with van der Waals surface area (Å²) in [6, 6.07) is 3.71. The van der Waals surface area contributed by atoms with Crippen molar-refractivity contribution >= 4 is 18.3 Å². The molecule has 4 heteroatoms. The molecule has 1 rings (SSSR count). The molecular weight excluding hydrogens is 158 g/mol. The summed E-state index contributed by atoms with van der Waals surface area (Å²) < 4.78 is 0. The van der Waals surface area contributed by atoms with E-state index in [1.165, 1.54) is 0 Å². The fraction of sp³-hybridized carbons (Fsp3) is 0.143. The van der Waals surface area contributed by atoms with Crippen LogP contribution in [0, 0.1) is 11.3 Å². The van der Waals surface area contributed by atoms with Crippen LogP contribution in [0.1, 0.15) is 5.69 Å². The van der Waals surface area contributed by atoms with Crippen LogP contribution in [0.15, 0.2) is 17.2 Å². The molecule has 0 bridgehead atoms. The van der Waals surface area contributed by atoms with Crippen molar-refractivity contribution in [1.82, 2.24) is 4.98 Å². The Morgan fingerprint density at radius 3 is 3.00 bits per heavy atom. The minimum atomic E-state index is 0.347. The van der Waals surface area contributed by atoms with Gasteiger partial charge < -0.3 is 5.32 Å². The lowest BCUT2D eigenvalue weighted by atomic mass is 10.3. The molecule has 0 atom stereocenters. The molecule has 1 aromatic heterocycles. The Kier molecular flexibility index (Phi) is 2.34. The fourth-order valence-electron chi connectivity index (χ4n) is 0.738. The van der Waals surface area contributed by atoms with E-state index in [-0.39, 0.29) is 0 Å². The van der Waals surface area contributed by atoms with Gasteiger partial charge in [-0.3, -0.25) is 0 Å². The standard InChI is InChI=1S/C7H7N3S/c1-9-5-2-3-10-6(4-8)7(5)11/h2-3,11H,1H3,(H,9,10). The monoisotopic (exact) mass is 165 g/mol. The van der Waals surface area contributed by atoms with Gasteiger partial charge >= 0.3 is 0 Å². The quantitative estimate of drug-likeness (QED) is 0.616. The highest BCUT2D eigenvalue weighted by atomic mass is 32.1. The van der Waals surface area contributed by atoms with Gasteiger partial charge in [-0.2, -0.15) is 5.26 Å². The Bertz CT molecular complexity index is 303. The Morgan fingerprint density at radius 1 is 1.73 bits per heavy atom. The normalized spacial score (nSPS) is 8.82. The van der Waals surface area contributed by atoms with Crippen LogP contribution in [0.5, 0.6) is 0 Å². The average molecular weight is 165 g/mol. The predicted octanol–water partition coefficient (Wildman–Crippen LogP) is 1.28. The maximum atomic E-state index is 8.55. The van der Waals surface area contributed by atoms with Gasteiger partial charge in [-0.25, -0.2) is 4.98 Å². The van der Waals surface area contributed by atoms with Gasteiger partial charge in [-0.1, -0.05) is 0 Å². The van der Waals surface area contributed by atoms with Gasteiger partial charge in [-0.05, 0) is 6.07 Å². The third kappa shape index (κ3) is 1.44. The van der Waals surface area contributed by atoms with Gasteiger partial charge in [0.2, 0.25) is 0 Å². The number of aromatic nitrogens is 1. The Morgan fingerprint density at radius 2 is 2.45 bits per heavy atom. The van der Waals surface area contributed by atoms with E-state index in [0.29, 0.717) is 10.6 Å². The first-order valence-electron chi connectivity index (χ1n) is 3.05. The van der Waals surface area contributed by atoms with Crippen LogP contribution in [0.4, 0.5) is 5.69 Å². The number of anilines is 1. The molecule has 0 amide bonds. The zero-order valence-corrected chi connectivity index (χ0v) is 6.89. The second-order valence-electron chi connectivity index (χ2n) is 1.92. The lowest BCUT2D eigenvalue weighted by molar-refractivity contribution is 1.18. The van der Waals surface area contributed by atoms with Crippen LogP contribution in [-0.2, 0) is 0 Å². The third-order valence-corrected chi connectivity index (χ3v) is 1.75. The molecule has 0 fully saturated rings. The number of pyridine rings is 1. The van der Waals surface area contributed by atoms with Crippen LogP contribution in [0.3, 0.4) is 0 Å². The SMILES string of the molecule is CNc1ccnc(C#N)c1S. The number of thiol groups is 1. The highest BCUT2D eigenvalue weighted by Gasteiger charge is 2.02. The molecule has 0 saturated heterocycles. The zero-order valence-electron chi connectivity index (χ0n) is 6.00. The van der Waals surface area contributed by atoms with Crippen LogP contribution in [0.25, 0.3) is 0 Å². The van der Waals surface area contributed by atoms with Gasteiger partial charge in [0.05, 0.1) is 10.6 Å². The van der Waals surface area contributed by atoms with Gasteiger partial charge in [0.25, 0.3) is 0 Å². The first-order valence-corrected chi connectivity index (χ1v) is 3.50. The van der Waals surface area contributed by atoms with E-state index in [1.54, 1.807) is 19.3 Å². The summed E-state index contributed by atoms with van der Waals surface area (Å²) in [4.78, 5) is 4.42. The molecule has 0 unspecified atom stereocenters. The molecule has 11 heavy (non-hydrogen) atoms. The summed E-state index contributed by atoms with van der Waals surface area (Å²) in [5.41, 5.74) is 1.17. The summed E-state index contributed by atoms with van der Waals surface area (Å²) >= 11 is 4.12. The molecule has 0 aromatic carbocycles. The molecule has 0 spiro atoms. The van der Waals surface area contributed by atoms with Gasteiger partial charge in [0.15, 0.2) is 5.69 Å². The lowest BCUT2D eigenvalue weighted by Gasteiger charge is -2.02. The van der Waals surface area contributed by atoms with Crippen molar-refractivity contribution < 1.29 is 0 Å². The highest BCUT2D eigenvalue weighted by Crippen LogP contribution is 2.20. The van der Waals surface area contributed by atoms with Crippen molar-refractivity contribution in [2.45, 2.75) is 4.90 Å². The van der Waals surface area contributed by atoms with Crippen molar-refractivity contribution in [1.29, 1.82) is 5.26 Å².